The molecule has 2 N–H and O–H groups in total. The number of para-hydroxylation sites is 1. The summed E-state index contributed by atoms with van der Waals surface area (Å²) >= 11 is 6.19. The molecule has 1 aliphatic rings. The van der Waals surface area contributed by atoms with Crippen LogP contribution in [0, 0.1) is 0 Å². The van der Waals surface area contributed by atoms with Gasteiger partial charge in [-0.05, 0) is 24.3 Å². The average Bonchev–Trinajstić information content (AvgIpc) is 3.16. The van der Waals surface area contributed by atoms with Crippen LogP contribution in [0.4, 0.5) is 5.69 Å². The topological polar surface area (TPSA) is 109 Å². The fraction of sp³-hybridized carbons (Fsp3) is 0.100. The molecule has 29 heavy (non-hydrogen) atoms. The van der Waals surface area contributed by atoms with Crippen LogP contribution in [0.5, 0.6) is 0 Å². The number of fused-ring (bicyclic) bond motifs is 2. The lowest BCUT2D eigenvalue weighted by atomic mass is 10.1. The number of carbonyl (C=O) groups is 4. The monoisotopic (exact) mass is 411 g/mol. The fourth-order valence-corrected chi connectivity index (χ4v) is 3.38. The summed E-state index contributed by atoms with van der Waals surface area (Å²) in [5, 5.41) is 3.42. The number of carbonyl (C=O) groups excluding carboxylic acids is 4. The van der Waals surface area contributed by atoms with Crippen LogP contribution in [-0.2, 0) is 9.53 Å². The molecule has 2 aromatic carbocycles. The van der Waals surface area contributed by atoms with E-state index in [9.17, 15) is 19.2 Å². The first kappa shape index (κ1) is 18.7. The molecule has 0 unspecified atom stereocenters. The van der Waals surface area contributed by atoms with Crippen LogP contribution in [-0.4, -0.2) is 47.2 Å². The van der Waals surface area contributed by atoms with Gasteiger partial charge < -0.3 is 15.0 Å². The van der Waals surface area contributed by atoms with E-state index in [0.717, 1.165) is 4.90 Å². The van der Waals surface area contributed by atoms with E-state index in [2.05, 4.69) is 10.3 Å². The van der Waals surface area contributed by atoms with Crippen LogP contribution in [0.3, 0.4) is 0 Å². The lowest BCUT2D eigenvalue weighted by Gasteiger charge is -2.07. The maximum atomic E-state index is 12.3. The number of amides is 3. The molecule has 3 aromatic rings. The molecule has 0 atom stereocenters. The van der Waals surface area contributed by atoms with Crippen LogP contribution < -0.4 is 5.32 Å². The highest BCUT2D eigenvalue weighted by Gasteiger charge is 2.32. The van der Waals surface area contributed by atoms with Gasteiger partial charge >= 0.3 is 5.97 Å². The van der Waals surface area contributed by atoms with Crippen molar-refractivity contribution in [3.8, 4) is 0 Å². The Hall–Kier alpha value is -3.65. The van der Waals surface area contributed by atoms with E-state index in [1.165, 1.54) is 25.2 Å². The number of H-pyrrole nitrogens is 1. The predicted molar refractivity (Wildman–Crippen MR) is 105 cm³/mol. The van der Waals surface area contributed by atoms with Gasteiger partial charge in [0.25, 0.3) is 17.7 Å². The maximum Gasteiger partial charge on any atom is 0.356 e. The summed E-state index contributed by atoms with van der Waals surface area (Å²) < 4.78 is 5.02. The van der Waals surface area contributed by atoms with Crippen molar-refractivity contribution in [1.82, 2.24) is 9.88 Å². The zero-order valence-corrected chi connectivity index (χ0v) is 15.9. The number of aromatic amines is 1. The van der Waals surface area contributed by atoms with E-state index in [1.54, 1.807) is 24.3 Å². The summed E-state index contributed by atoms with van der Waals surface area (Å²) in [5.41, 5.74) is 1.53. The van der Waals surface area contributed by atoms with Gasteiger partial charge in [-0.2, -0.15) is 0 Å². The van der Waals surface area contributed by atoms with Crippen molar-refractivity contribution in [2.24, 2.45) is 0 Å². The van der Waals surface area contributed by atoms with Crippen LogP contribution in [0.15, 0.2) is 42.5 Å². The Bertz CT molecular complexity index is 1200. The zero-order valence-electron chi connectivity index (χ0n) is 15.1. The number of ether oxygens (including phenoxy) is 1. The molecule has 9 heteroatoms. The molecule has 4 rings (SSSR count). The van der Waals surface area contributed by atoms with Gasteiger partial charge in [0.05, 0.1) is 16.1 Å². The van der Waals surface area contributed by atoms with E-state index in [0.29, 0.717) is 16.6 Å². The third kappa shape index (κ3) is 3.23. The second-order valence-electron chi connectivity index (χ2n) is 6.41. The maximum absolute atomic E-state index is 12.3. The average molecular weight is 412 g/mol. The van der Waals surface area contributed by atoms with Gasteiger partial charge in [-0.25, -0.2) is 4.79 Å². The van der Waals surface area contributed by atoms with Gasteiger partial charge in [0.2, 0.25) is 0 Å². The molecule has 0 radical (unpaired) electrons. The summed E-state index contributed by atoms with van der Waals surface area (Å²) in [6.45, 7) is -0.547. The fourth-order valence-electron chi connectivity index (χ4n) is 3.09. The second-order valence-corrected chi connectivity index (χ2v) is 6.79. The van der Waals surface area contributed by atoms with Crippen molar-refractivity contribution in [2.75, 3.05) is 19.0 Å². The molecule has 0 saturated heterocycles. The lowest BCUT2D eigenvalue weighted by Crippen LogP contribution is -2.24. The summed E-state index contributed by atoms with van der Waals surface area (Å²) in [5.74, 6) is -2.21. The Morgan fingerprint density at radius 2 is 1.83 bits per heavy atom. The molecular formula is C20H14ClN3O5. The Balaban J connectivity index is 1.42. The molecule has 2 heterocycles. The third-order valence-corrected chi connectivity index (χ3v) is 4.95. The Morgan fingerprint density at radius 1 is 1.10 bits per heavy atom. The number of benzene rings is 2. The van der Waals surface area contributed by atoms with Gasteiger partial charge in [0.15, 0.2) is 6.61 Å². The molecule has 0 spiro atoms. The normalized spacial score (nSPS) is 13.0. The van der Waals surface area contributed by atoms with Crippen molar-refractivity contribution in [1.29, 1.82) is 0 Å². The standard InChI is InChI=1S/C20H14ClN3O5/c1-24-18(26)11-7-6-10(8-13(11)19(24)27)22-15(25)9-29-20(28)17-16(21)12-4-2-3-5-14(12)23-17/h2-8,23H,9H2,1H3,(H,22,25). The minimum absolute atomic E-state index is 0.0605. The van der Waals surface area contributed by atoms with E-state index in [1.807, 2.05) is 0 Å². The highest BCUT2D eigenvalue weighted by Crippen LogP contribution is 2.28. The van der Waals surface area contributed by atoms with Crippen LogP contribution in [0.2, 0.25) is 5.02 Å². The SMILES string of the molecule is CN1C(=O)c2ccc(NC(=O)COC(=O)c3[nH]c4ccccc4c3Cl)cc2C1=O. The number of nitrogens with one attached hydrogen (secondary N) is 2. The summed E-state index contributed by atoms with van der Waals surface area (Å²) in [4.78, 5) is 52.2. The highest BCUT2D eigenvalue weighted by molar-refractivity contribution is 6.38. The lowest BCUT2D eigenvalue weighted by molar-refractivity contribution is -0.119. The number of aromatic nitrogens is 1. The van der Waals surface area contributed by atoms with Crippen molar-refractivity contribution in [3.63, 3.8) is 0 Å². The van der Waals surface area contributed by atoms with E-state index in [4.69, 9.17) is 16.3 Å². The number of esters is 1. The van der Waals surface area contributed by atoms with Crippen LogP contribution >= 0.6 is 11.6 Å². The minimum atomic E-state index is -0.766. The molecular weight excluding hydrogens is 398 g/mol. The molecule has 0 aliphatic carbocycles. The second kappa shape index (κ2) is 7.06. The number of imide groups is 1. The van der Waals surface area contributed by atoms with Gasteiger partial charge in [-0.3, -0.25) is 19.3 Å². The van der Waals surface area contributed by atoms with E-state index < -0.39 is 30.3 Å². The Morgan fingerprint density at radius 3 is 2.59 bits per heavy atom. The number of halogens is 1. The molecule has 0 bridgehead atoms. The van der Waals surface area contributed by atoms with Crippen molar-refractivity contribution >= 4 is 51.9 Å². The predicted octanol–water partition coefficient (Wildman–Crippen LogP) is 2.84. The van der Waals surface area contributed by atoms with Gasteiger partial charge in [0.1, 0.15) is 5.69 Å². The number of rotatable bonds is 4. The van der Waals surface area contributed by atoms with Crippen molar-refractivity contribution < 1.29 is 23.9 Å². The van der Waals surface area contributed by atoms with Crippen molar-refractivity contribution in [3.05, 3.63) is 64.3 Å². The number of hydrogen-bond acceptors (Lipinski definition) is 5. The summed E-state index contributed by atoms with van der Waals surface area (Å²) in [6, 6.07) is 11.5. The molecule has 8 nitrogen and oxygen atoms in total. The van der Waals surface area contributed by atoms with E-state index >= 15 is 0 Å². The summed E-state index contributed by atoms with van der Waals surface area (Å²) in [7, 11) is 1.39. The Kier molecular flexibility index (Phi) is 4.56. The highest BCUT2D eigenvalue weighted by atomic mass is 35.5. The molecule has 1 aliphatic heterocycles. The van der Waals surface area contributed by atoms with Gasteiger partial charge in [-0.1, -0.05) is 29.8 Å². The Labute approximate surface area is 169 Å². The zero-order chi connectivity index (χ0) is 20.7. The molecule has 1 aromatic heterocycles. The molecule has 3 amide bonds. The summed E-state index contributed by atoms with van der Waals surface area (Å²) in [6.07, 6.45) is 0. The smallest absolute Gasteiger partial charge is 0.356 e. The molecule has 146 valence electrons. The first-order chi connectivity index (χ1) is 13.9. The first-order valence-corrected chi connectivity index (χ1v) is 8.94. The molecule has 0 saturated carbocycles. The number of anilines is 1. The van der Waals surface area contributed by atoms with Crippen LogP contribution in [0.1, 0.15) is 31.2 Å². The molecule has 0 fully saturated rings. The van der Waals surface area contributed by atoms with Crippen LogP contribution in [0.25, 0.3) is 10.9 Å². The first-order valence-electron chi connectivity index (χ1n) is 8.56. The minimum Gasteiger partial charge on any atom is -0.451 e. The van der Waals surface area contributed by atoms with Crippen molar-refractivity contribution in [2.45, 2.75) is 0 Å². The quantitative estimate of drug-likeness (QED) is 0.507. The third-order valence-electron chi connectivity index (χ3n) is 4.55. The number of hydrogen-bond donors (Lipinski definition) is 2. The van der Waals surface area contributed by atoms with E-state index in [-0.39, 0.29) is 21.8 Å². The number of nitrogens with zero attached hydrogens (tertiary/aromatic N) is 1. The van der Waals surface area contributed by atoms with Gasteiger partial charge in [0, 0.05) is 23.6 Å². The van der Waals surface area contributed by atoms with Gasteiger partial charge in [-0.15, -0.1) is 0 Å². The largest absolute Gasteiger partial charge is 0.451 e.